The first-order valence-electron chi connectivity index (χ1n) is 11.4. The van der Waals surface area contributed by atoms with Crippen LogP contribution in [0.15, 0.2) is 60.7 Å². The molecule has 0 heterocycles. The quantitative estimate of drug-likeness (QED) is 0.193. The van der Waals surface area contributed by atoms with Gasteiger partial charge in [-0.1, -0.05) is 36.4 Å². The molecular weight excluding hydrogens is 524 g/mol. The Kier molecular flexibility index (Phi) is 10.4. The van der Waals surface area contributed by atoms with Crippen molar-refractivity contribution in [3.63, 3.8) is 0 Å². The third kappa shape index (κ3) is 10.6. The Balaban J connectivity index is 1.79. The summed E-state index contributed by atoms with van der Waals surface area (Å²) in [5.41, 5.74) is -2.56. The molecule has 0 spiro atoms. The molecule has 10 nitrogen and oxygen atoms in total. The minimum atomic E-state index is -4.14. The van der Waals surface area contributed by atoms with E-state index in [9.17, 15) is 26.4 Å². The second-order valence-electron chi connectivity index (χ2n) is 9.57. The standard InChI is InChI=1S/C25H32O10S2/c1-24(2,22(26)34-20-12-7-5-8-13-20)18-32-36(28,29)16-11-17-37(30,31)33-19-25(3,4)23(27)35-21-14-9-6-10-15-21/h5-10,12-15H,11,16-19H2,1-4H3. The van der Waals surface area contributed by atoms with Gasteiger partial charge >= 0.3 is 11.9 Å². The number of benzene rings is 2. The molecule has 0 amide bonds. The second-order valence-corrected chi connectivity index (χ2v) is 13.1. The normalized spacial score (nSPS) is 12.6. The highest BCUT2D eigenvalue weighted by Gasteiger charge is 2.34. The summed E-state index contributed by atoms with van der Waals surface area (Å²) in [5, 5.41) is 0. The molecule has 0 unspecified atom stereocenters. The van der Waals surface area contributed by atoms with Crippen LogP contribution in [0.5, 0.6) is 11.5 Å². The number of hydrogen-bond donors (Lipinski definition) is 0. The number of rotatable bonds is 14. The van der Waals surface area contributed by atoms with Crippen molar-refractivity contribution in [3.8, 4) is 11.5 Å². The summed E-state index contributed by atoms with van der Waals surface area (Å²) in [7, 11) is -8.27. The molecule has 37 heavy (non-hydrogen) atoms. The number of esters is 2. The molecule has 2 aromatic rings. The van der Waals surface area contributed by atoms with Gasteiger partial charge < -0.3 is 9.47 Å². The largest absolute Gasteiger partial charge is 0.426 e. The molecule has 0 radical (unpaired) electrons. The number of para-hydroxylation sites is 2. The molecule has 12 heteroatoms. The molecule has 0 bridgehead atoms. The first-order chi connectivity index (χ1) is 17.1. The van der Waals surface area contributed by atoms with Crippen LogP contribution in [0, 0.1) is 10.8 Å². The zero-order valence-electron chi connectivity index (χ0n) is 21.2. The molecule has 0 aliphatic rings. The maximum atomic E-state index is 12.4. The van der Waals surface area contributed by atoms with Crippen molar-refractivity contribution in [2.24, 2.45) is 10.8 Å². The van der Waals surface area contributed by atoms with Gasteiger partial charge in [0.2, 0.25) is 0 Å². The minimum absolute atomic E-state index is 0.310. The van der Waals surface area contributed by atoms with Crippen molar-refractivity contribution < 1.29 is 44.3 Å². The van der Waals surface area contributed by atoms with Crippen LogP contribution in [-0.4, -0.2) is 53.5 Å². The summed E-state index contributed by atoms with van der Waals surface area (Å²) < 4.78 is 69.4. The average molecular weight is 557 g/mol. The van der Waals surface area contributed by atoms with Gasteiger partial charge in [0.15, 0.2) is 0 Å². The zero-order valence-corrected chi connectivity index (χ0v) is 22.8. The number of carbonyl (C=O) groups excluding carboxylic acids is 2. The predicted octanol–water partition coefficient (Wildman–Crippen LogP) is 3.33. The maximum absolute atomic E-state index is 12.4. The molecule has 0 aromatic heterocycles. The highest BCUT2D eigenvalue weighted by molar-refractivity contribution is 7.87. The van der Waals surface area contributed by atoms with Gasteiger partial charge in [-0.05, 0) is 58.4 Å². The second kappa shape index (κ2) is 12.6. The van der Waals surface area contributed by atoms with Gasteiger partial charge in [-0.2, -0.15) is 16.8 Å². The van der Waals surface area contributed by atoms with E-state index in [1.54, 1.807) is 60.7 Å². The fourth-order valence-electron chi connectivity index (χ4n) is 2.59. The van der Waals surface area contributed by atoms with Crippen molar-refractivity contribution in [2.45, 2.75) is 34.1 Å². The third-order valence-corrected chi connectivity index (χ3v) is 7.53. The van der Waals surface area contributed by atoms with Gasteiger partial charge in [0.1, 0.15) is 11.5 Å². The zero-order chi connectivity index (χ0) is 27.7. The molecule has 0 aliphatic carbocycles. The van der Waals surface area contributed by atoms with Crippen LogP contribution in [0.4, 0.5) is 0 Å². The third-order valence-electron chi connectivity index (χ3n) is 5.00. The molecule has 0 aliphatic heterocycles. The van der Waals surface area contributed by atoms with E-state index in [1.165, 1.54) is 27.7 Å². The summed E-state index contributed by atoms with van der Waals surface area (Å²) in [6.07, 6.45) is -0.311. The fraction of sp³-hybridized carbons (Fsp3) is 0.440. The topological polar surface area (TPSA) is 139 Å². The van der Waals surface area contributed by atoms with E-state index < -0.39 is 67.7 Å². The summed E-state index contributed by atoms with van der Waals surface area (Å²) >= 11 is 0. The van der Waals surface area contributed by atoms with Gasteiger partial charge in [0, 0.05) is 0 Å². The monoisotopic (exact) mass is 556 g/mol. The van der Waals surface area contributed by atoms with E-state index >= 15 is 0 Å². The van der Waals surface area contributed by atoms with E-state index in [1.807, 2.05) is 0 Å². The lowest BCUT2D eigenvalue weighted by atomic mass is 9.95. The lowest BCUT2D eigenvalue weighted by Gasteiger charge is -2.22. The Morgan fingerprint density at radius 2 is 0.946 bits per heavy atom. The molecule has 0 saturated heterocycles. The van der Waals surface area contributed by atoms with Gasteiger partial charge in [-0.3, -0.25) is 18.0 Å². The lowest BCUT2D eigenvalue weighted by molar-refractivity contribution is -0.146. The van der Waals surface area contributed by atoms with Crippen molar-refractivity contribution in [3.05, 3.63) is 60.7 Å². The summed E-state index contributed by atoms with van der Waals surface area (Å²) in [6.45, 7) is 4.91. The number of hydrogen-bond acceptors (Lipinski definition) is 10. The number of ether oxygens (including phenoxy) is 2. The molecule has 0 fully saturated rings. The van der Waals surface area contributed by atoms with E-state index in [0.29, 0.717) is 11.5 Å². The molecule has 2 rings (SSSR count). The molecule has 0 atom stereocenters. The Hall–Kier alpha value is -2.80. The first kappa shape index (κ1) is 30.4. The average Bonchev–Trinajstić information content (AvgIpc) is 2.83. The van der Waals surface area contributed by atoms with Crippen LogP contribution in [0.25, 0.3) is 0 Å². The molecule has 0 N–H and O–H groups in total. The van der Waals surface area contributed by atoms with Gasteiger partial charge in [0.25, 0.3) is 20.2 Å². The molecule has 2 aromatic carbocycles. The molecule has 204 valence electrons. The smallest absolute Gasteiger partial charge is 0.319 e. The van der Waals surface area contributed by atoms with Crippen molar-refractivity contribution >= 4 is 32.2 Å². The fourth-order valence-corrected chi connectivity index (χ4v) is 4.95. The van der Waals surface area contributed by atoms with Crippen molar-refractivity contribution in [1.82, 2.24) is 0 Å². The van der Waals surface area contributed by atoms with E-state index in [2.05, 4.69) is 0 Å². The van der Waals surface area contributed by atoms with Gasteiger partial charge in [-0.25, -0.2) is 0 Å². The summed E-state index contributed by atoms with van der Waals surface area (Å²) in [4.78, 5) is 24.7. The van der Waals surface area contributed by atoms with E-state index in [-0.39, 0.29) is 6.42 Å². The predicted molar refractivity (Wildman–Crippen MR) is 136 cm³/mol. The highest BCUT2D eigenvalue weighted by atomic mass is 32.2. The minimum Gasteiger partial charge on any atom is -0.426 e. The summed E-state index contributed by atoms with van der Waals surface area (Å²) in [5.74, 6) is -1.97. The van der Waals surface area contributed by atoms with Crippen LogP contribution in [0.3, 0.4) is 0 Å². The van der Waals surface area contributed by atoms with Gasteiger partial charge in [0.05, 0.1) is 35.5 Å². The van der Waals surface area contributed by atoms with E-state index in [4.69, 9.17) is 17.8 Å². The highest BCUT2D eigenvalue weighted by Crippen LogP contribution is 2.23. The van der Waals surface area contributed by atoms with E-state index in [0.717, 1.165) is 0 Å². The van der Waals surface area contributed by atoms with Crippen LogP contribution < -0.4 is 9.47 Å². The van der Waals surface area contributed by atoms with Gasteiger partial charge in [-0.15, -0.1) is 0 Å². The van der Waals surface area contributed by atoms with Crippen molar-refractivity contribution in [1.29, 1.82) is 0 Å². The van der Waals surface area contributed by atoms with Crippen LogP contribution in [-0.2, 0) is 38.2 Å². The summed E-state index contributed by atoms with van der Waals surface area (Å²) in [6, 6.07) is 16.6. The van der Waals surface area contributed by atoms with Crippen LogP contribution >= 0.6 is 0 Å². The molecule has 0 saturated carbocycles. The van der Waals surface area contributed by atoms with Crippen LogP contribution in [0.2, 0.25) is 0 Å². The Labute approximate surface area is 218 Å². The maximum Gasteiger partial charge on any atom is 0.319 e. The lowest BCUT2D eigenvalue weighted by Crippen LogP contribution is -2.35. The Morgan fingerprint density at radius 1 is 0.622 bits per heavy atom. The van der Waals surface area contributed by atoms with Crippen molar-refractivity contribution in [2.75, 3.05) is 24.7 Å². The Morgan fingerprint density at radius 3 is 1.27 bits per heavy atom. The van der Waals surface area contributed by atoms with Crippen LogP contribution in [0.1, 0.15) is 34.1 Å². The SMILES string of the molecule is CC(C)(COS(=O)(=O)CCCS(=O)(=O)OCC(C)(C)C(=O)Oc1ccccc1)C(=O)Oc1ccccc1. The number of carbonyl (C=O) groups is 2. The Bertz CT molecular complexity index is 1150. The molecular formula is C25H32O10S2. The first-order valence-corrected chi connectivity index (χ1v) is 14.6.